The molecular weight excluding hydrogens is 536 g/mol. The molecule has 1 aromatic heterocycles. The highest BCUT2D eigenvalue weighted by atomic mass is 79.9. The van der Waals surface area contributed by atoms with E-state index in [9.17, 15) is 19.5 Å². The number of aryl methyl sites for hydroxylation is 1. The van der Waals surface area contributed by atoms with Crippen LogP contribution in [0.3, 0.4) is 0 Å². The largest absolute Gasteiger partial charge is 0.507 e. The fourth-order valence-electron chi connectivity index (χ4n) is 3.82. The molecular formula is C25H21BrN2O6S. The van der Waals surface area contributed by atoms with Crippen LogP contribution >= 0.6 is 27.3 Å². The van der Waals surface area contributed by atoms with Gasteiger partial charge in [-0.3, -0.25) is 14.5 Å². The zero-order valence-electron chi connectivity index (χ0n) is 19.1. The van der Waals surface area contributed by atoms with Gasteiger partial charge in [0.1, 0.15) is 16.4 Å². The van der Waals surface area contributed by atoms with Crippen molar-refractivity contribution in [1.82, 2.24) is 4.98 Å². The predicted molar refractivity (Wildman–Crippen MR) is 135 cm³/mol. The van der Waals surface area contributed by atoms with Gasteiger partial charge in [0.2, 0.25) is 0 Å². The topological polar surface area (TPSA) is 106 Å². The van der Waals surface area contributed by atoms with Gasteiger partial charge in [0, 0.05) is 10.0 Å². The summed E-state index contributed by atoms with van der Waals surface area (Å²) in [5.41, 5.74) is 1.19. The number of ketones is 1. The first-order valence-electron chi connectivity index (χ1n) is 10.6. The van der Waals surface area contributed by atoms with Crippen LogP contribution in [-0.4, -0.2) is 41.5 Å². The van der Waals surface area contributed by atoms with E-state index in [0.29, 0.717) is 22.6 Å². The summed E-state index contributed by atoms with van der Waals surface area (Å²) in [4.78, 5) is 44.8. The Balaban J connectivity index is 1.92. The Labute approximate surface area is 213 Å². The minimum Gasteiger partial charge on any atom is -0.507 e. The molecule has 0 spiro atoms. The molecule has 1 atom stereocenters. The lowest BCUT2D eigenvalue weighted by Gasteiger charge is -2.23. The highest BCUT2D eigenvalue weighted by Gasteiger charge is 2.48. The molecule has 1 aliphatic heterocycles. The third kappa shape index (κ3) is 4.59. The molecule has 180 valence electrons. The number of esters is 1. The number of halogens is 1. The van der Waals surface area contributed by atoms with E-state index in [1.54, 1.807) is 56.3 Å². The Morgan fingerprint density at radius 1 is 1.20 bits per heavy atom. The number of hydrogen-bond donors (Lipinski definition) is 1. The lowest BCUT2D eigenvalue weighted by Crippen LogP contribution is -2.29. The van der Waals surface area contributed by atoms with Gasteiger partial charge in [-0.2, -0.15) is 0 Å². The number of hydrogen-bond acceptors (Lipinski definition) is 8. The molecule has 3 aromatic rings. The molecule has 4 rings (SSSR count). The number of aliphatic hydroxyl groups excluding tert-OH is 1. The second kappa shape index (κ2) is 10.0. The number of aromatic nitrogens is 1. The highest BCUT2D eigenvalue weighted by molar-refractivity contribution is 9.10. The first-order valence-corrected chi connectivity index (χ1v) is 12.2. The smallest absolute Gasteiger partial charge is 0.350 e. The molecule has 1 N–H and O–H groups in total. The van der Waals surface area contributed by atoms with Crippen molar-refractivity contribution >= 4 is 55.8 Å². The minimum atomic E-state index is -0.973. The predicted octanol–water partition coefficient (Wildman–Crippen LogP) is 5.03. The third-order valence-corrected chi connectivity index (χ3v) is 7.03. The normalized spacial score (nSPS) is 17.0. The van der Waals surface area contributed by atoms with Gasteiger partial charge in [-0.05, 0) is 43.7 Å². The van der Waals surface area contributed by atoms with Crippen molar-refractivity contribution in [3.05, 3.63) is 80.3 Å². The SMILES string of the molecule is CCOC(=O)c1sc(N2C(=O)C(=O)/C(=C(/O)c3cccc(OC)c3)C2c2cccc(Br)c2)nc1C. The molecule has 1 saturated heterocycles. The van der Waals surface area contributed by atoms with E-state index in [1.165, 1.54) is 12.0 Å². The maximum Gasteiger partial charge on any atom is 0.350 e. The van der Waals surface area contributed by atoms with Crippen LogP contribution in [0, 0.1) is 6.92 Å². The Morgan fingerprint density at radius 2 is 1.94 bits per heavy atom. The van der Waals surface area contributed by atoms with Crippen molar-refractivity contribution < 1.29 is 29.0 Å². The molecule has 0 saturated carbocycles. The van der Waals surface area contributed by atoms with Crippen LogP contribution in [0.1, 0.15) is 39.5 Å². The standard InChI is InChI=1S/C25H21BrN2O6S/c1-4-34-24(32)22-13(2)27-25(35-22)28-19(14-7-5-9-16(26)11-14)18(21(30)23(28)31)20(29)15-8-6-10-17(12-15)33-3/h5-12,19,29H,4H2,1-3H3/b20-18+. The third-order valence-electron chi connectivity index (χ3n) is 5.40. The first-order chi connectivity index (χ1) is 16.8. The van der Waals surface area contributed by atoms with Gasteiger partial charge >= 0.3 is 11.9 Å². The van der Waals surface area contributed by atoms with Gasteiger partial charge in [0.25, 0.3) is 5.78 Å². The highest BCUT2D eigenvalue weighted by Crippen LogP contribution is 2.44. The number of nitrogens with zero attached hydrogens (tertiary/aromatic N) is 2. The Kier molecular flexibility index (Phi) is 7.04. The molecule has 1 amide bonds. The summed E-state index contributed by atoms with van der Waals surface area (Å²) >= 11 is 4.39. The number of ether oxygens (including phenoxy) is 2. The van der Waals surface area contributed by atoms with Gasteiger partial charge in [-0.25, -0.2) is 9.78 Å². The second-order valence-electron chi connectivity index (χ2n) is 7.59. The van der Waals surface area contributed by atoms with E-state index in [0.717, 1.165) is 15.8 Å². The summed E-state index contributed by atoms with van der Waals surface area (Å²) in [7, 11) is 1.49. The fourth-order valence-corrected chi connectivity index (χ4v) is 5.22. The average Bonchev–Trinajstić information content (AvgIpc) is 3.35. The number of thiazole rings is 1. The van der Waals surface area contributed by atoms with E-state index in [-0.39, 0.29) is 27.9 Å². The van der Waals surface area contributed by atoms with Crippen LogP contribution in [0.2, 0.25) is 0 Å². The molecule has 0 bridgehead atoms. The Bertz CT molecular complexity index is 1370. The first kappa shape index (κ1) is 24.6. The summed E-state index contributed by atoms with van der Waals surface area (Å²) in [5, 5.41) is 11.4. The maximum atomic E-state index is 13.3. The number of aliphatic hydroxyl groups is 1. The van der Waals surface area contributed by atoms with E-state index in [4.69, 9.17) is 9.47 Å². The number of anilines is 1. The Hall–Kier alpha value is -3.50. The second-order valence-corrected chi connectivity index (χ2v) is 9.48. The van der Waals surface area contributed by atoms with Crippen molar-refractivity contribution in [2.24, 2.45) is 0 Å². The molecule has 0 aliphatic carbocycles. The maximum absolute atomic E-state index is 13.3. The molecule has 0 radical (unpaired) electrons. The quantitative estimate of drug-likeness (QED) is 0.196. The number of Topliss-reactive ketones (excluding diaryl/α,β-unsaturated/α-hetero) is 1. The minimum absolute atomic E-state index is 0.0908. The van der Waals surface area contributed by atoms with Crippen LogP contribution < -0.4 is 9.64 Å². The van der Waals surface area contributed by atoms with Crippen LogP contribution in [-0.2, 0) is 14.3 Å². The van der Waals surface area contributed by atoms with Crippen LogP contribution in [0.25, 0.3) is 5.76 Å². The molecule has 1 aliphatic rings. The van der Waals surface area contributed by atoms with Crippen molar-refractivity contribution in [2.45, 2.75) is 19.9 Å². The molecule has 2 heterocycles. The molecule has 1 unspecified atom stereocenters. The molecule has 10 heteroatoms. The fraction of sp³-hybridized carbons (Fsp3) is 0.200. The van der Waals surface area contributed by atoms with Gasteiger partial charge < -0.3 is 14.6 Å². The molecule has 1 fully saturated rings. The summed E-state index contributed by atoms with van der Waals surface area (Å²) in [5.74, 6) is -2.13. The van der Waals surface area contributed by atoms with Crippen LogP contribution in [0.15, 0.2) is 58.6 Å². The summed E-state index contributed by atoms with van der Waals surface area (Å²) < 4.78 is 11.1. The number of rotatable bonds is 6. The molecule has 8 nitrogen and oxygen atoms in total. The van der Waals surface area contributed by atoms with Crippen LogP contribution in [0.5, 0.6) is 5.75 Å². The van der Waals surface area contributed by atoms with Crippen molar-refractivity contribution in [2.75, 3.05) is 18.6 Å². The van der Waals surface area contributed by atoms with E-state index in [1.807, 2.05) is 6.07 Å². The van der Waals surface area contributed by atoms with Crippen molar-refractivity contribution in [1.29, 1.82) is 0 Å². The monoisotopic (exact) mass is 556 g/mol. The van der Waals surface area contributed by atoms with Crippen molar-refractivity contribution in [3.63, 3.8) is 0 Å². The van der Waals surface area contributed by atoms with Gasteiger partial charge in [-0.1, -0.05) is 51.5 Å². The van der Waals surface area contributed by atoms with Gasteiger partial charge in [0.15, 0.2) is 5.13 Å². The lowest BCUT2D eigenvalue weighted by molar-refractivity contribution is -0.132. The molecule has 2 aromatic carbocycles. The number of carbonyl (C=O) groups excluding carboxylic acids is 3. The number of amides is 1. The number of benzene rings is 2. The van der Waals surface area contributed by atoms with Crippen molar-refractivity contribution in [3.8, 4) is 5.75 Å². The van der Waals surface area contributed by atoms with E-state index >= 15 is 0 Å². The summed E-state index contributed by atoms with van der Waals surface area (Å²) in [6, 6.07) is 12.7. The number of carbonyl (C=O) groups is 3. The zero-order valence-corrected chi connectivity index (χ0v) is 21.5. The van der Waals surface area contributed by atoms with Gasteiger partial charge in [-0.15, -0.1) is 0 Å². The number of methoxy groups -OCH3 is 1. The summed E-state index contributed by atoms with van der Waals surface area (Å²) in [6.45, 7) is 3.52. The van der Waals surface area contributed by atoms with Gasteiger partial charge in [0.05, 0.1) is 31.0 Å². The Morgan fingerprint density at radius 3 is 2.63 bits per heavy atom. The molecule has 35 heavy (non-hydrogen) atoms. The van der Waals surface area contributed by atoms with Crippen LogP contribution in [0.4, 0.5) is 5.13 Å². The van der Waals surface area contributed by atoms with E-state index < -0.39 is 23.7 Å². The zero-order chi connectivity index (χ0) is 25.3. The van der Waals surface area contributed by atoms with E-state index in [2.05, 4.69) is 20.9 Å². The lowest BCUT2D eigenvalue weighted by atomic mass is 9.95. The average molecular weight is 557 g/mol. The summed E-state index contributed by atoms with van der Waals surface area (Å²) in [6.07, 6.45) is 0.